The first-order valence-electron chi connectivity index (χ1n) is 8.32. The monoisotopic (exact) mass is 345 g/mol. The minimum atomic E-state index is -0.341. The Bertz CT molecular complexity index is 749. The summed E-state index contributed by atoms with van der Waals surface area (Å²) < 4.78 is 17.8. The Morgan fingerprint density at radius 2 is 1.60 bits per heavy atom. The molecule has 6 nitrogen and oxygen atoms in total. The van der Waals surface area contributed by atoms with Crippen LogP contribution in [0.5, 0.6) is 0 Å². The molecule has 1 heterocycles. The first-order chi connectivity index (χ1) is 12.0. The molecule has 2 N–H and O–H groups in total. The van der Waals surface area contributed by atoms with E-state index in [0.29, 0.717) is 42.9 Å². The Labute approximate surface area is 144 Å². The molecule has 1 aromatic carbocycles. The van der Waals surface area contributed by atoms with E-state index in [1.807, 2.05) is 0 Å². The van der Waals surface area contributed by atoms with E-state index in [2.05, 4.69) is 15.8 Å². The molecule has 0 saturated heterocycles. The van der Waals surface area contributed by atoms with Crippen LogP contribution in [-0.2, 0) is 9.59 Å². The van der Waals surface area contributed by atoms with Crippen LogP contribution in [0.25, 0.3) is 0 Å². The van der Waals surface area contributed by atoms with Crippen LogP contribution in [-0.4, -0.2) is 17.0 Å². The van der Waals surface area contributed by atoms with Gasteiger partial charge in [0.05, 0.1) is 0 Å². The largest absolute Gasteiger partial charge is 0.360 e. The number of halogens is 1. The van der Waals surface area contributed by atoms with Gasteiger partial charge in [0.1, 0.15) is 11.6 Å². The van der Waals surface area contributed by atoms with Gasteiger partial charge in [0.15, 0.2) is 5.82 Å². The number of rotatable bonds is 4. The van der Waals surface area contributed by atoms with Gasteiger partial charge in [-0.3, -0.25) is 9.59 Å². The third kappa shape index (κ3) is 4.43. The maximum atomic E-state index is 12.9. The standard InChI is InChI=1S/C18H20FN3O3/c1-11-10-16(22-25-11)21-18(24)13-4-2-12(3-5-13)17(23)20-15-8-6-14(19)7-9-15/h6-10,12-13H,2-5H2,1H3,(H,20,23)(H,21,22,24). The van der Waals surface area contributed by atoms with Gasteiger partial charge in [-0.15, -0.1) is 0 Å². The molecule has 0 radical (unpaired) electrons. The third-order valence-corrected chi connectivity index (χ3v) is 4.46. The summed E-state index contributed by atoms with van der Waals surface area (Å²) in [5.74, 6) is 0.264. The molecule has 1 aliphatic rings. The minimum absolute atomic E-state index is 0.0856. The first kappa shape index (κ1) is 17.1. The molecule has 2 aromatic rings. The maximum absolute atomic E-state index is 12.9. The van der Waals surface area contributed by atoms with Gasteiger partial charge in [0, 0.05) is 23.6 Å². The topological polar surface area (TPSA) is 84.2 Å². The Kier molecular flexibility index (Phi) is 5.11. The number of carbonyl (C=O) groups is 2. The lowest BCUT2D eigenvalue weighted by Crippen LogP contribution is -2.32. The van der Waals surface area contributed by atoms with E-state index in [4.69, 9.17) is 4.52 Å². The average Bonchev–Trinajstić information content (AvgIpc) is 3.02. The van der Waals surface area contributed by atoms with Crippen LogP contribution in [0.2, 0.25) is 0 Å². The summed E-state index contributed by atoms with van der Waals surface area (Å²) in [7, 11) is 0. The van der Waals surface area contributed by atoms with Crippen LogP contribution in [0.3, 0.4) is 0 Å². The Morgan fingerprint density at radius 1 is 1.04 bits per heavy atom. The molecule has 0 aliphatic heterocycles. The predicted molar refractivity (Wildman–Crippen MR) is 90.3 cm³/mol. The molecule has 0 atom stereocenters. The van der Waals surface area contributed by atoms with Crippen molar-refractivity contribution < 1.29 is 18.5 Å². The first-order valence-corrected chi connectivity index (χ1v) is 8.32. The van der Waals surface area contributed by atoms with Crippen molar-refractivity contribution in [2.75, 3.05) is 10.6 Å². The summed E-state index contributed by atoms with van der Waals surface area (Å²) in [4.78, 5) is 24.5. The third-order valence-electron chi connectivity index (χ3n) is 4.46. The second-order valence-electron chi connectivity index (χ2n) is 6.36. The predicted octanol–water partition coefficient (Wildman–Crippen LogP) is 3.51. The number of carbonyl (C=O) groups excluding carboxylic acids is 2. The van der Waals surface area contributed by atoms with Crippen molar-refractivity contribution in [1.82, 2.24) is 5.16 Å². The molecular weight excluding hydrogens is 325 g/mol. The van der Waals surface area contributed by atoms with E-state index < -0.39 is 0 Å². The quantitative estimate of drug-likeness (QED) is 0.888. The number of aryl methyl sites for hydroxylation is 1. The van der Waals surface area contributed by atoms with Gasteiger partial charge < -0.3 is 15.2 Å². The highest BCUT2D eigenvalue weighted by Crippen LogP contribution is 2.30. The van der Waals surface area contributed by atoms with Crippen molar-refractivity contribution in [3.05, 3.63) is 41.9 Å². The summed E-state index contributed by atoms with van der Waals surface area (Å²) >= 11 is 0. The number of benzene rings is 1. The molecule has 1 aliphatic carbocycles. The summed E-state index contributed by atoms with van der Waals surface area (Å²) in [6, 6.07) is 7.35. The van der Waals surface area contributed by atoms with Crippen LogP contribution in [0.15, 0.2) is 34.9 Å². The van der Waals surface area contributed by atoms with Gasteiger partial charge in [0.2, 0.25) is 11.8 Å². The summed E-state index contributed by atoms with van der Waals surface area (Å²) in [5.41, 5.74) is 0.577. The lowest BCUT2D eigenvalue weighted by molar-refractivity contribution is -0.125. The number of hydrogen-bond donors (Lipinski definition) is 2. The zero-order chi connectivity index (χ0) is 17.8. The van der Waals surface area contributed by atoms with Crippen molar-refractivity contribution >= 4 is 23.3 Å². The molecule has 0 unspecified atom stereocenters. The summed E-state index contributed by atoms with van der Waals surface area (Å²) in [5, 5.41) is 9.29. The number of amides is 2. The molecule has 1 fully saturated rings. The SMILES string of the molecule is Cc1cc(NC(=O)C2CCC(C(=O)Nc3ccc(F)cc3)CC2)no1. The summed E-state index contributed by atoms with van der Waals surface area (Å²) in [6.07, 6.45) is 2.57. The number of anilines is 2. The lowest BCUT2D eigenvalue weighted by Gasteiger charge is -2.26. The highest BCUT2D eigenvalue weighted by molar-refractivity contribution is 5.94. The van der Waals surface area contributed by atoms with Crippen LogP contribution in [0.1, 0.15) is 31.4 Å². The van der Waals surface area contributed by atoms with Gasteiger partial charge in [-0.25, -0.2) is 4.39 Å². The highest BCUT2D eigenvalue weighted by atomic mass is 19.1. The Morgan fingerprint density at radius 3 is 2.12 bits per heavy atom. The molecule has 1 aromatic heterocycles. The molecular formula is C18H20FN3O3. The van der Waals surface area contributed by atoms with Crippen LogP contribution in [0.4, 0.5) is 15.9 Å². The fourth-order valence-corrected chi connectivity index (χ4v) is 3.05. The van der Waals surface area contributed by atoms with Crippen molar-refractivity contribution in [1.29, 1.82) is 0 Å². The van der Waals surface area contributed by atoms with E-state index in [-0.39, 0.29) is 29.5 Å². The van der Waals surface area contributed by atoms with Crippen molar-refractivity contribution in [2.45, 2.75) is 32.6 Å². The summed E-state index contributed by atoms with van der Waals surface area (Å²) in [6.45, 7) is 1.76. The number of aromatic nitrogens is 1. The van der Waals surface area contributed by atoms with Crippen molar-refractivity contribution in [3.63, 3.8) is 0 Å². The van der Waals surface area contributed by atoms with Crippen LogP contribution in [0, 0.1) is 24.6 Å². The normalized spacial score (nSPS) is 20.1. The van der Waals surface area contributed by atoms with Crippen LogP contribution < -0.4 is 10.6 Å². The molecule has 0 spiro atoms. The fraction of sp³-hybridized carbons (Fsp3) is 0.389. The van der Waals surface area contributed by atoms with Crippen LogP contribution >= 0.6 is 0 Å². The highest BCUT2D eigenvalue weighted by Gasteiger charge is 2.30. The Balaban J connectivity index is 1.48. The minimum Gasteiger partial charge on any atom is -0.360 e. The zero-order valence-electron chi connectivity index (χ0n) is 13.9. The molecule has 25 heavy (non-hydrogen) atoms. The molecule has 2 amide bonds. The molecule has 132 valence electrons. The molecule has 7 heteroatoms. The van der Waals surface area contributed by atoms with Gasteiger partial charge in [-0.05, 0) is 56.9 Å². The lowest BCUT2D eigenvalue weighted by atomic mass is 9.81. The van der Waals surface area contributed by atoms with E-state index in [0.717, 1.165) is 0 Å². The van der Waals surface area contributed by atoms with E-state index >= 15 is 0 Å². The average molecular weight is 345 g/mol. The van der Waals surface area contributed by atoms with Gasteiger partial charge in [0.25, 0.3) is 0 Å². The Hall–Kier alpha value is -2.70. The molecule has 3 rings (SSSR count). The van der Waals surface area contributed by atoms with Gasteiger partial charge in [-0.1, -0.05) is 5.16 Å². The number of nitrogens with zero attached hydrogens (tertiary/aromatic N) is 1. The van der Waals surface area contributed by atoms with E-state index in [1.54, 1.807) is 13.0 Å². The van der Waals surface area contributed by atoms with Crippen molar-refractivity contribution in [2.24, 2.45) is 11.8 Å². The molecule has 0 bridgehead atoms. The second-order valence-corrected chi connectivity index (χ2v) is 6.36. The fourth-order valence-electron chi connectivity index (χ4n) is 3.05. The number of nitrogens with one attached hydrogen (secondary N) is 2. The van der Waals surface area contributed by atoms with E-state index in [9.17, 15) is 14.0 Å². The second kappa shape index (κ2) is 7.46. The molecule has 1 saturated carbocycles. The zero-order valence-corrected chi connectivity index (χ0v) is 13.9. The maximum Gasteiger partial charge on any atom is 0.228 e. The van der Waals surface area contributed by atoms with Gasteiger partial charge >= 0.3 is 0 Å². The van der Waals surface area contributed by atoms with E-state index in [1.165, 1.54) is 24.3 Å². The van der Waals surface area contributed by atoms with Gasteiger partial charge in [-0.2, -0.15) is 0 Å². The number of hydrogen-bond acceptors (Lipinski definition) is 4. The smallest absolute Gasteiger partial charge is 0.228 e. The van der Waals surface area contributed by atoms with Crippen molar-refractivity contribution in [3.8, 4) is 0 Å².